The van der Waals surface area contributed by atoms with E-state index in [0.29, 0.717) is 6.54 Å². The summed E-state index contributed by atoms with van der Waals surface area (Å²) in [4.78, 5) is 4.26. The Labute approximate surface area is 104 Å². The average Bonchev–Trinajstić information content (AvgIpc) is 2.80. The second-order valence-corrected chi connectivity index (χ2v) is 5.67. The maximum atomic E-state index is 5.61. The van der Waals surface area contributed by atoms with E-state index in [-0.39, 0.29) is 0 Å². The van der Waals surface area contributed by atoms with Crippen LogP contribution >= 0.6 is 23.1 Å². The monoisotopic (exact) mass is 250 g/mol. The van der Waals surface area contributed by atoms with Crippen LogP contribution in [0.15, 0.2) is 34.1 Å². The lowest BCUT2D eigenvalue weighted by atomic mass is 10.1. The Balaban J connectivity index is 2.04. The molecular weight excluding hydrogens is 236 g/mol. The third-order valence-corrected chi connectivity index (χ3v) is 4.42. The van der Waals surface area contributed by atoms with Crippen molar-refractivity contribution in [2.24, 2.45) is 5.73 Å². The molecule has 4 heteroatoms. The molecule has 0 saturated heterocycles. The first-order valence-electron chi connectivity index (χ1n) is 5.10. The third-order valence-electron chi connectivity index (χ3n) is 2.40. The van der Waals surface area contributed by atoms with Gasteiger partial charge in [-0.15, -0.1) is 11.3 Å². The number of nitrogens with two attached hydrogens (primary N) is 1. The highest BCUT2D eigenvalue weighted by Crippen LogP contribution is 2.26. The minimum absolute atomic E-state index is 0.612. The van der Waals surface area contributed by atoms with Gasteiger partial charge < -0.3 is 5.73 Å². The molecule has 2 nitrogen and oxygen atoms in total. The van der Waals surface area contributed by atoms with Gasteiger partial charge in [-0.2, -0.15) is 0 Å². The number of hydrogen-bond donors (Lipinski definition) is 1. The first kappa shape index (κ1) is 11.6. The Bertz CT molecular complexity index is 452. The predicted molar refractivity (Wildman–Crippen MR) is 70.7 cm³/mol. The summed E-state index contributed by atoms with van der Waals surface area (Å²) in [5.41, 5.74) is 9.47. The summed E-state index contributed by atoms with van der Waals surface area (Å²) in [5, 5.41) is 2.01. The van der Waals surface area contributed by atoms with Gasteiger partial charge in [0.15, 0.2) is 0 Å². The lowest BCUT2D eigenvalue weighted by Gasteiger charge is -2.06. The van der Waals surface area contributed by atoms with Crippen LogP contribution in [0.5, 0.6) is 0 Å². The number of thioether (sulfide) groups is 1. The number of hydrogen-bond acceptors (Lipinski definition) is 4. The second kappa shape index (κ2) is 5.48. The van der Waals surface area contributed by atoms with Gasteiger partial charge in [-0.05, 0) is 23.6 Å². The van der Waals surface area contributed by atoms with Crippen LogP contribution in [0.2, 0.25) is 0 Å². The van der Waals surface area contributed by atoms with Gasteiger partial charge in [0.25, 0.3) is 0 Å². The largest absolute Gasteiger partial charge is 0.326 e. The van der Waals surface area contributed by atoms with Gasteiger partial charge in [-0.1, -0.05) is 30.0 Å². The Kier molecular flexibility index (Phi) is 3.98. The van der Waals surface area contributed by atoms with Crippen molar-refractivity contribution in [3.63, 3.8) is 0 Å². The summed E-state index contributed by atoms with van der Waals surface area (Å²) < 4.78 is 1.13. The van der Waals surface area contributed by atoms with Gasteiger partial charge in [0.2, 0.25) is 0 Å². The number of thiazole rings is 1. The minimum atomic E-state index is 0.612. The molecule has 0 fully saturated rings. The van der Waals surface area contributed by atoms with Gasteiger partial charge in [0, 0.05) is 23.9 Å². The predicted octanol–water partition coefficient (Wildman–Crippen LogP) is 3.20. The van der Waals surface area contributed by atoms with E-state index in [1.165, 1.54) is 16.7 Å². The van der Waals surface area contributed by atoms with Crippen LogP contribution < -0.4 is 5.73 Å². The highest BCUT2D eigenvalue weighted by atomic mass is 32.2. The Morgan fingerprint density at radius 2 is 2.31 bits per heavy atom. The summed E-state index contributed by atoms with van der Waals surface area (Å²) in [6.07, 6.45) is 1.84. The Hall–Kier alpha value is -0.840. The molecule has 16 heavy (non-hydrogen) atoms. The zero-order valence-corrected chi connectivity index (χ0v) is 10.8. The molecule has 1 aromatic heterocycles. The molecule has 0 aliphatic heterocycles. The van der Waals surface area contributed by atoms with Crippen LogP contribution in [-0.4, -0.2) is 4.98 Å². The SMILES string of the molecule is Cc1cc(CN)ccc1CSc1nccs1. The molecule has 2 rings (SSSR count). The molecule has 2 N–H and O–H groups in total. The first-order chi connectivity index (χ1) is 7.79. The molecule has 1 heterocycles. The summed E-state index contributed by atoms with van der Waals surface area (Å²) >= 11 is 3.47. The zero-order chi connectivity index (χ0) is 11.4. The van der Waals surface area contributed by atoms with E-state index in [4.69, 9.17) is 5.73 Å². The number of rotatable bonds is 4. The van der Waals surface area contributed by atoms with Crippen LogP contribution in [0, 0.1) is 6.92 Å². The summed E-state index contributed by atoms with van der Waals surface area (Å²) in [6, 6.07) is 6.43. The molecule has 0 unspecified atom stereocenters. The standard InChI is InChI=1S/C12H14N2S2/c1-9-6-10(7-13)2-3-11(9)8-16-12-14-4-5-15-12/h2-6H,7-8,13H2,1H3. The fourth-order valence-corrected chi connectivity index (χ4v) is 3.18. The van der Waals surface area contributed by atoms with E-state index in [2.05, 4.69) is 30.1 Å². The molecule has 84 valence electrons. The molecule has 0 aliphatic rings. The summed E-state index contributed by atoms with van der Waals surface area (Å²) in [7, 11) is 0. The molecule has 1 aromatic carbocycles. The van der Waals surface area contributed by atoms with Gasteiger partial charge in [-0.25, -0.2) is 4.98 Å². The smallest absolute Gasteiger partial charge is 0.150 e. The quantitative estimate of drug-likeness (QED) is 0.847. The lowest BCUT2D eigenvalue weighted by molar-refractivity contribution is 1.06. The number of aryl methyl sites for hydroxylation is 1. The fourth-order valence-electron chi connectivity index (χ4n) is 1.47. The Morgan fingerprint density at radius 3 is 2.94 bits per heavy atom. The molecule has 0 atom stereocenters. The molecule has 0 bridgehead atoms. The van der Waals surface area contributed by atoms with Crippen LogP contribution in [0.25, 0.3) is 0 Å². The lowest BCUT2D eigenvalue weighted by Crippen LogP contribution is -1.97. The molecule has 0 radical (unpaired) electrons. The maximum Gasteiger partial charge on any atom is 0.150 e. The molecule has 2 aromatic rings. The van der Waals surface area contributed by atoms with Crippen molar-refractivity contribution in [2.75, 3.05) is 0 Å². The molecular formula is C12H14N2S2. The number of aromatic nitrogens is 1. The molecule has 0 amide bonds. The van der Waals surface area contributed by atoms with Gasteiger partial charge in [0.05, 0.1) is 0 Å². The van der Waals surface area contributed by atoms with Gasteiger partial charge in [0.1, 0.15) is 4.34 Å². The second-order valence-electron chi connectivity index (χ2n) is 3.55. The van der Waals surface area contributed by atoms with Crippen molar-refractivity contribution in [3.05, 3.63) is 46.5 Å². The van der Waals surface area contributed by atoms with Crippen molar-refractivity contribution in [2.45, 2.75) is 23.6 Å². The molecule has 0 saturated carbocycles. The maximum absolute atomic E-state index is 5.61. The van der Waals surface area contributed by atoms with E-state index in [0.717, 1.165) is 10.1 Å². The summed E-state index contributed by atoms with van der Waals surface area (Å²) in [5.74, 6) is 0.976. The van der Waals surface area contributed by atoms with Gasteiger partial charge in [-0.3, -0.25) is 0 Å². The van der Waals surface area contributed by atoms with E-state index in [9.17, 15) is 0 Å². The number of benzene rings is 1. The van der Waals surface area contributed by atoms with Crippen LogP contribution in [-0.2, 0) is 12.3 Å². The van der Waals surface area contributed by atoms with E-state index < -0.39 is 0 Å². The van der Waals surface area contributed by atoms with E-state index >= 15 is 0 Å². The molecule has 0 spiro atoms. The minimum Gasteiger partial charge on any atom is -0.326 e. The number of nitrogens with zero attached hydrogens (tertiary/aromatic N) is 1. The Morgan fingerprint density at radius 1 is 1.44 bits per heavy atom. The third kappa shape index (κ3) is 2.84. The average molecular weight is 250 g/mol. The van der Waals surface area contributed by atoms with Crippen molar-refractivity contribution in [1.29, 1.82) is 0 Å². The first-order valence-corrected chi connectivity index (χ1v) is 6.97. The van der Waals surface area contributed by atoms with Crippen LogP contribution in [0.1, 0.15) is 16.7 Å². The fraction of sp³-hybridized carbons (Fsp3) is 0.250. The van der Waals surface area contributed by atoms with E-state index in [1.54, 1.807) is 23.1 Å². The molecule has 0 aliphatic carbocycles. The van der Waals surface area contributed by atoms with Gasteiger partial charge >= 0.3 is 0 Å². The van der Waals surface area contributed by atoms with Crippen molar-refractivity contribution >= 4 is 23.1 Å². The van der Waals surface area contributed by atoms with Crippen LogP contribution in [0.3, 0.4) is 0 Å². The van der Waals surface area contributed by atoms with Crippen molar-refractivity contribution in [3.8, 4) is 0 Å². The normalized spacial score (nSPS) is 10.6. The van der Waals surface area contributed by atoms with Crippen molar-refractivity contribution in [1.82, 2.24) is 4.98 Å². The van der Waals surface area contributed by atoms with E-state index in [1.807, 2.05) is 11.6 Å². The highest BCUT2D eigenvalue weighted by Gasteiger charge is 2.02. The highest BCUT2D eigenvalue weighted by molar-refractivity contribution is 8.00. The van der Waals surface area contributed by atoms with Crippen LogP contribution in [0.4, 0.5) is 0 Å². The zero-order valence-electron chi connectivity index (χ0n) is 9.14. The summed E-state index contributed by atoms with van der Waals surface area (Å²) in [6.45, 7) is 2.75. The van der Waals surface area contributed by atoms with Crippen molar-refractivity contribution < 1.29 is 0 Å². The topological polar surface area (TPSA) is 38.9 Å².